The average Bonchev–Trinajstić information content (AvgIpc) is 2.83. The number of ether oxygens (including phenoxy) is 1. The number of carbonyl (C=O) groups excluding carboxylic acids is 3. The van der Waals surface area contributed by atoms with Gasteiger partial charge in [0.05, 0.1) is 12.9 Å². The molecule has 0 spiro atoms. The third kappa shape index (κ3) is 7.62. The number of anilines is 1. The quantitative estimate of drug-likeness (QED) is 0.242. The number of nitrogens with one attached hydrogen (secondary N) is 2. The van der Waals surface area contributed by atoms with Gasteiger partial charge in [0.1, 0.15) is 5.70 Å². The summed E-state index contributed by atoms with van der Waals surface area (Å²) >= 11 is 4.72. The van der Waals surface area contributed by atoms with Crippen LogP contribution in [0.5, 0.6) is 0 Å². The first-order valence-corrected chi connectivity index (χ1v) is 11.7. The van der Waals surface area contributed by atoms with Crippen molar-refractivity contribution >= 4 is 57.2 Å². The van der Waals surface area contributed by atoms with Crippen LogP contribution >= 0.6 is 27.7 Å². The lowest BCUT2D eigenvalue weighted by Crippen LogP contribution is -2.30. The lowest BCUT2D eigenvalue weighted by atomic mass is 10.1. The molecule has 0 saturated heterocycles. The molecule has 0 radical (unpaired) electrons. The average molecular weight is 525 g/mol. The summed E-state index contributed by atoms with van der Waals surface area (Å²) in [7, 11) is 1.34. The Morgan fingerprint density at radius 2 is 1.73 bits per heavy atom. The maximum Gasteiger partial charge on any atom is 0.315 e. The SMILES string of the molecule is COC(=O)CSc1cccc(NC(=O)/C(=C\c2cccc(Br)c2)NC(=O)c2ccccc2)c1. The lowest BCUT2D eigenvalue weighted by molar-refractivity contribution is -0.137. The monoisotopic (exact) mass is 524 g/mol. The van der Waals surface area contributed by atoms with E-state index in [2.05, 4.69) is 31.3 Å². The molecule has 2 amide bonds. The Labute approximate surface area is 204 Å². The lowest BCUT2D eigenvalue weighted by Gasteiger charge is -2.12. The molecule has 0 unspecified atom stereocenters. The Morgan fingerprint density at radius 3 is 2.45 bits per heavy atom. The highest BCUT2D eigenvalue weighted by Gasteiger charge is 2.15. The van der Waals surface area contributed by atoms with Gasteiger partial charge in [0.2, 0.25) is 0 Å². The fourth-order valence-electron chi connectivity index (χ4n) is 2.77. The molecule has 0 heterocycles. The Kier molecular flexibility index (Phi) is 8.86. The van der Waals surface area contributed by atoms with Gasteiger partial charge in [0.15, 0.2) is 0 Å². The summed E-state index contributed by atoms with van der Waals surface area (Å²) in [6, 6.07) is 23.1. The Bertz CT molecular complexity index is 1180. The smallest absolute Gasteiger partial charge is 0.315 e. The zero-order valence-electron chi connectivity index (χ0n) is 17.7. The van der Waals surface area contributed by atoms with Crippen LogP contribution in [0.2, 0.25) is 0 Å². The molecule has 3 aromatic rings. The molecule has 33 heavy (non-hydrogen) atoms. The second-order valence-corrected chi connectivity index (χ2v) is 8.74. The number of rotatable bonds is 8. The zero-order chi connectivity index (χ0) is 23.6. The third-order valence-electron chi connectivity index (χ3n) is 4.36. The molecule has 0 bridgehead atoms. The van der Waals surface area contributed by atoms with Gasteiger partial charge in [-0.15, -0.1) is 11.8 Å². The molecule has 0 aliphatic carbocycles. The second kappa shape index (κ2) is 12.0. The minimum Gasteiger partial charge on any atom is -0.468 e. The largest absolute Gasteiger partial charge is 0.468 e. The van der Waals surface area contributed by atoms with Crippen molar-refractivity contribution in [2.24, 2.45) is 0 Å². The van der Waals surface area contributed by atoms with E-state index in [1.165, 1.54) is 18.9 Å². The predicted octanol–water partition coefficient (Wildman–Crippen LogP) is 5.12. The van der Waals surface area contributed by atoms with Crippen molar-refractivity contribution in [3.8, 4) is 0 Å². The summed E-state index contributed by atoms with van der Waals surface area (Å²) in [5, 5.41) is 5.52. The molecule has 0 atom stereocenters. The maximum absolute atomic E-state index is 13.1. The van der Waals surface area contributed by atoms with Crippen molar-refractivity contribution in [2.75, 3.05) is 18.2 Å². The molecule has 2 N–H and O–H groups in total. The molecule has 0 aromatic heterocycles. The van der Waals surface area contributed by atoms with E-state index in [0.29, 0.717) is 11.3 Å². The number of hydrogen-bond donors (Lipinski definition) is 2. The number of carbonyl (C=O) groups is 3. The first-order chi connectivity index (χ1) is 15.9. The third-order valence-corrected chi connectivity index (χ3v) is 5.83. The normalized spacial score (nSPS) is 10.9. The van der Waals surface area contributed by atoms with Crippen molar-refractivity contribution in [2.45, 2.75) is 4.90 Å². The number of amides is 2. The zero-order valence-corrected chi connectivity index (χ0v) is 20.1. The summed E-state index contributed by atoms with van der Waals surface area (Å²) in [4.78, 5) is 38.0. The fraction of sp³-hybridized carbons (Fsp3) is 0.0800. The van der Waals surface area contributed by atoms with E-state index in [0.717, 1.165) is 14.9 Å². The van der Waals surface area contributed by atoms with Gasteiger partial charge in [-0.25, -0.2) is 0 Å². The topological polar surface area (TPSA) is 84.5 Å². The minimum absolute atomic E-state index is 0.0922. The van der Waals surface area contributed by atoms with Crippen LogP contribution in [0.1, 0.15) is 15.9 Å². The number of methoxy groups -OCH3 is 1. The van der Waals surface area contributed by atoms with E-state index in [1.807, 2.05) is 36.4 Å². The van der Waals surface area contributed by atoms with E-state index >= 15 is 0 Å². The fourth-order valence-corrected chi connectivity index (χ4v) is 3.97. The highest BCUT2D eigenvalue weighted by molar-refractivity contribution is 9.10. The maximum atomic E-state index is 13.1. The first kappa shape index (κ1) is 24.3. The van der Waals surface area contributed by atoms with Gasteiger partial charge in [0, 0.05) is 20.6 Å². The van der Waals surface area contributed by atoms with Crippen LogP contribution in [0.15, 0.2) is 93.9 Å². The predicted molar refractivity (Wildman–Crippen MR) is 134 cm³/mol. The van der Waals surface area contributed by atoms with Crippen LogP contribution in [-0.4, -0.2) is 30.6 Å². The summed E-state index contributed by atoms with van der Waals surface area (Å²) in [6.07, 6.45) is 1.61. The van der Waals surface area contributed by atoms with Gasteiger partial charge in [-0.3, -0.25) is 14.4 Å². The summed E-state index contributed by atoms with van der Waals surface area (Å²) in [5.74, 6) is -1.05. The molecular weight excluding hydrogens is 504 g/mol. The minimum atomic E-state index is -0.477. The van der Waals surface area contributed by atoms with Gasteiger partial charge < -0.3 is 15.4 Å². The molecule has 0 aliphatic heterocycles. The van der Waals surface area contributed by atoms with E-state index in [4.69, 9.17) is 0 Å². The molecule has 6 nitrogen and oxygen atoms in total. The first-order valence-electron chi connectivity index (χ1n) is 9.89. The standard InChI is InChI=1S/C25H21BrN2O4S/c1-32-23(29)16-33-21-12-6-11-20(15-21)27-25(31)22(14-17-7-5-10-19(26)13-17)28-24(30)18-8-3-2-4-9-18/h2-15H,16H2,1H3,(H,27,31)(H,28,30)/b22-14+. The molecule has 8 heteroatoms. The van der Waals surface area contributed by atoms with Crippen LogP contribution in [0.4, 0.5) is 5.69 Å². The Hall–Kier alpha value is -3.36. The highest BCUT2D eigenvalue weighted by atomic mass is 79.9. The Morgan fingerprint density at radius 1 is 0.970 bits per heavy atom. The number of hydrogen-bond acceptors (Lipinski definition) is 5. The van der Waals surface area contributed by atoms with Crippen LogP contribution in [-0.2, 0) is 14.3 Å². The van der Waals surface area contributed by atoms with E-state index in [1.54, 1.807) is 48.5 Å². The van der Waals surface area contributed by atoms with Gasteiger partial charge in [-0.05, 0) is 54.1 Å². The van der Waals surface area contributed by atoms with Crippen LogP contribution in [0.25, 0.3) is 6.08 Å². The Balaban J connectivity index is 1.82. The number of halogens is 1. The number of esters is 1. The van der Waals surface area contributed by atoms with Crippen LogP contribution in [0, 0.1) is 0 Å². The van der Waals surface area contributed by atoms with Crippen molar-refractivity contribution in [1.29, 1.82) is 0 Å². The van der Waals surface area contributed by atoms with Gasteiger partial charge >= 0.3 is 5.97 Å². The summed E-state index contributed by atoms with van der Waals surface area (Å²) < 4.78 is 5.50. The second-order valence-electron chi connectivity index (χ2n) is 6.78. The molecule has 3 rings (SSSR count). The van der Waals surface area contributed by atoms with E-state index in [9.17, 15) is 14.4 Å². The molecule has 0 aliphatic rings. The summed E-state index contributed by atoms with van der Waals surface area (Å²) in [5.41, 5.74) is 1.80. The number of thioether (sulfide) groups is 1. The van der Waals surface area contributed by atoms with Gasteiger partial charge in [-0.2, -0.15) is 0 Å². The molecule has 168 valence electrons. The molecule has 3 aromatic carbocycles. The van der Waals surface area contributed by atoms with Crippen LogP contribution in [0.3, 0.4) is 0 Å². The van der Waals surface area contributed by atoms with Crippen molar-refractivity contribution in [3.05, 3.63) is 100 Å². The van der Waals surface area contributed by atoms with Crippen molar-refractivity contribution in [1.82, 2.24) is 5.32 Å². The van der Waals surface area contributed by atoms with Gasteiger partial charge in [0.25, 0.3) is 11.8 Å². The van der Waals surface area contributed by atoms with Crippen molar-refractivity contribution in [3.63, 3.8) is 0 Å². The number of benzene rings is 3. The van der Waals surface area contributed by atoms with Crippen molar-refractivity contribution < 1.29 is 19.1 Å². The highest BCUT2D eigenvalue weighted by Crippen LogP contribution is 2.22. The summed E-state index contributed by atoms with van der Waals surface area (Å²) in [6.45, 7) is 0. The van der Waals surface area contributed by atoms with Gasteiger partial charge in [-0.1, -0.05) is 52.3 Å². The molecule has 0 saturated carbocycles. The molecule has 0 fully saturated rings. The van der Waals surface area contributed by atoms with Crippen LogP contribution < -0.4 is 10.6 Å². The van der Waals surface area contributed by atoms with E-state index in [-0.39, 0.29) is 17.4 Å². The van der Waals surface area contributed by atoms with E-state index < -0.39 is 11.8 Å². The molecular formula is C25H21BrN2O4S.